The van der Waals surface area contributed by atoms with Crippen molar-refractivity contribution in [2.75, 3.05) is 6.61 Å². The molecule has 0 radical (unpaired) electrons. The fraction of sp³-hybridized carbons (Fsp3) is 0.200. The normalized spacial score (nSPS) is 12.2. The molecule has 0 spiro atoms. The number of thiophene rings is 1. The molecule has 0 atom stereocenters. The number of ether oxygens (including phenoxy) is 1. The summed E-state index contributed by atoms with van der Waals surface area (Å²) >= 11 is 1.43. The molecule has 0 fully saturated rings. The van der Waals surface area contributed by atoms with Crippen LogP contribution in [0.3, 0.4) is 0 Å². The Morgan fingerprint density at radius 3 is 2.81 bits per heavy atom. The number of rotatable bonds is 5. The first-order valence-electron chi connectivity index (χ1n) is 8.38. The van der Waals surface area contributed by atoms with Gasteiger partial charge in [0.05, 0.1) is 12.8 Å². The summed E-state index contributed by atoms with van der Waals surface area (Å²) in [6.45, 7) is -0.0356. The van der Waals surface area contributed by atoms with Gasteiger partial charge in [-0.2, -0.15) is 0 Å². The smallest absolute Gasteiger partial charge is 0.348 e. The zero-order chi connectivity index (χ0) is 17.9. The van der Waals surface area contributed by atoms with Crippen LogP contribution in [-0.2, 0) is 28.9 Å². The summed E-state index contributed by atoms with van der Waals surface area (Å²) in [5.41, 5.74) is 3.66. The van der Waals surface area contributed by atoms with E-state index in [-0.39, 0.29) is 19.1 Å². The van der Waals surface area contributed by atoms with E-state index in [2.05, 4.69) is 17.4 Å². The molecule has 1 aliphatic carbocycles. The lowest BCUT2D eigenvalue weighted by Gasteiger charge is -2.15. The number of benzene rings is 1. The van der Waals surface area contributed by atoms with E-state index in [1.807, 2.05) is 18.2 Å². The maximum absolute atomic E-state index is 12.3. The van der Waals surface area contributed by atoms with Gasteiger partial charge < -0.3 is 14.5 Å². The van der Waals surface area contributed by atoms with Crippen molar-refractivity contribution >= 4 is 23.2 Å². The summed E-state index contributed by atoms with van der Waals surface area (Å²) in [6, 6.07) is 13.7. The van der Waals surface area contributed by atoms with Gasteiger partial charge in [-0.05, 0) is 47.7 Å². The number of amides is 1. The van der Waals surface area contributed by atoms with Gasteiger partial charge in [0.1, 0.15) is 10.6 Å². The number of hydrogen-bond acceptors (Lipinski definition) is 5. The van der Waals surface area contributed by atoms with Gasteiger partial charge in [-0.1, -0.05) is 24.3 Å². The van der Waals surface area contributed by atoms with E-state index < -0.39 is 5.97 Å². The highest BCUT2D eigenvalue weighted by atomic mass is 32.1. The standard InChI is InChI=1S/C20H17NO4S/c22-18(21-11-15-5-3-9-24-15)12-25-20(23)17-10-14-8-7-13-4-1-2-6-16(13)19(14)26-17/h1-6,9-10H,7-8,11-12H2,(H,21,22). The predicted molar refractivity (Wildman–Crippen MR) is 98.0 cm³/mol. The molecule has 1 aliphatic rings. The Labute approximate surface area is 154 Å². The van der Waals surface area contributed by atoms with Gasteiger partial charge in [0.25, 0.3) is 5.91 Å². The van der Waals surface area contributed by atoms with Crippen molar-refractivity contribution < 1.29 is 18.7 Å². The van der Waals surface area contributed by atoms with Crippen LogP contribution in [0.2, 0.25) is 0 Å². The van der Waals surface area contributed by atoms with Crippen molar-refractivity contribution in [1.29, 1.82) is 0 Å². The highest BCUT2D eigenvalue weighted by Crippen LogP contribution is 2.39. The van der Waals surface area contributed by atoms with Crippen LogP contribution in [0, 0.1) is 0 Å². The summed E-state index contributed by atoms with van der Waals surface area (Å²) in [7, 11) is 0. The molecule has 2 heterocycles. The molecule has 2 aromatic heterocycles. The molecule has 1 N–H and O–H groups in total. The molecule has 6 heteroatoms. The number of carbonyl (C=O) groups excluding carboxylic acids is 2. The molecule has 5 nitrogen and oxygen atoms in total. The minimum Gasteiger partial charge on any atom is -0.467 e. The zero-order valence-electron chi connectivity index (χ0n) is 14.0. The fourth-order valence-electron chi connectivity index (χ4n) is 3.02. The van der Waals surface area contributed by atoms with E-state index in [0.717, 1.165) is 17.7 Å². The molecule has 0 saturated carbocycles. The Hall–Kier alpha value is -2.86. The highest BCUT2D eigenvalue weighted by molar-refractivity contribution is 7.17. The highest BCUT2D eigenvalue weighted by Gasteiger charge is 2.22. The molecule has 4 rings (SSSR count). The quantitative estimate of drug-likeness (QED) is 0.700. The molecule has 26 heavy (non-hydrogen) atoms. The Bertz CT molecular complexity index is 943. The third kappa shape index (κ3) is 3.41. The van der Waals surface area contributed by atoms with Gasteiger partial charge in [-0.15, -0.1) is 11.3 Å². The van der Waals surface area contributed by atoms with Crippen LogP contribution in [0.15, 0.2) is 53.1 Å². The van der Waals surface area contributed by atoms with Crippen molar-refractivity contribution in [3.05, 3.63) is 70.5 Å². The summed E-state index contributed by atoms with van der Waals surface area (Å²) in [6.07, 6.45) is 3.43. The largest absolute Gasteiger partial charge is 0.467 e. The molecule has 132 valence electrons. The average Bonchev–Trinajstić information content (AvgIpc) is 3.33. The lowest BCUT2D eigenvalue weighted by atomic mass is 9.91. The molecule has 0 saturated heterocycles. The number of hydrogen-bond donors (Lipinski definition) is 1. The van der Waals surface area contributed by atoms with Crippen molar-refractivity contribution in [2.45, 2.75) is 19.4 Å². The van der Waals surface area contributed by atoms with Gasteiger partial charge >= 0.3 is 5.97 Å². The molecule has 0 bridgehead atoms. The first kappa shape index (κ1) is 16.6. The summed E-state index contributed by atoms with van der Waals surface area (Å²) in [5.74, 6) is -0.175. The number of esters is 1. The van der Waals surface area contributed by atoms with Gasteiger partial charge in [0.15, 0.2) is 6.61 Å². The molecule has 1 amide bonds. The summed E-state index contributed by atoms with van der Waals surface area (Å²) < 4.78 is 10.3. The van der Waals surface area contributed by atoms with Crippen LogP contribution < -0.4 is 5.32 Å². The van der Waals surface area contributed by atoms with Crippen LogP contribution in [-0.4, -0.2) is 18.5 Å². The minimum absolute atomic E-state index is 0.271. The maximum Gasteiger partial charge on any atom is 0.348 e. The second kappa shape index (κ2) is 7.17. The van der Waals surface area contributed by atoms with Crippen LogP contribution in [0.25, 0.3) is 10.4 Å². The molecular formula is C20H17NO4S. The Balaban J connectivity index is 1.37. The van der Waals surface area contributed by atoms with E-state index >= 15 is 0 Å². The average molecular weight is 367 g/mol. The van der Waals surface area contributed by atoms with Crippen LogP contribution in [0.4, 0.5) is 0 Å². The van der Waals surface area contributed by atoms with Gasteiger partial charge in [0, 0.05) is 4.88 Å². The minimum atomic E-state index is -0.463. The predicted octanol–water partition coefficient (Wildman–Crippen LogP) is 3.58. The second-order valence-electron chi connectivity index (χ2n) is 6.05. The fourth-order valence-corrected chi connectivity index (χ4v) is 4.19. The third-order valence-corrected chi connectivity index (χ3v) is 5.50. The number of aryl methyl sites for hydroxylation is 2. The number of carbonyl (C=O) groups is 2. The molecule has 1 aromatic carbocycles. The SMILES string of the molecule is O=C(COC(=O)c1cc2c(s1)-c1ccccc1CC2)NCc1ccco1. The lowest BCUT2D eigenvalue weighted by molar-refractivity contribution is -0.124. The lowest BCUT2D eigenvalue weighted by Crippen LogP contribution is -2.28. The van der Waals surface area contributed by atoms with E-state index in [1.165, 1.54) is 34.3 Å². The first-order chi connectivity index (χ1) is 12.7. The number of fused-ring (bicyclic) bond motifs is 3. The monoisotopic (exact) mass is 367 g/mol. The van der Waals surface area contributed by atoms with E-state index in [4.69, 9.17) is 9.15 Å². The second-order valence-corrected chi connectivity index (χ2v) is 7.11. The van der Waals surface area contributed by atoms with Crippen molar-refractivity contribution in [3.8, 4) is 10.4 Å². The first-order valence-corrected chi connectivity index (χ1v) is 9.19. The molecule has 3 aromatic rings. The van der Waals surface area contributed by atoms with E-state index in [9.17, 15) is 9.59 Å². The van der Waals surface area contributed by atoms with E-state index in [0.29, 0.717) is 10.6 Å². The number of furan rings is 1. The summed E-state index contributed by atoms with van der Waals surface area (Å²) in [5, 5.41) is 2.65. The van der Waals surface area contributed by atoms with Crippen LogP contribution in [0.1, 0.15) is 26.6 Å². The van der Waals surface area contributed by atoms with Crippen molar-refractivity contribution in [1.82, 2.24) is 5.32 Å². The topological polar surface area (TPSA) is 68.5 Å². The Kier molecular flexibility index (Phi) is 4.58. The Morgan fingerprint density at radius 2 is 1.96 bits per heavy atom. The molecule has 0 aliphatic heterocycles. The van der Waals surface area contributed by atoms with Crippen molar-refractivity contribution in [2.24, 2.45) is 0 Å². The Morgan fingerprint density at radius 1 is 1.12 bits per heavy atom. The van der Waals surface area contributed by atoms with E-state index in [1.54, 1.807) is 12.1 Å². The molecular weight excluding hydrogens is 350 g/mol. The maximum atomic E-state index is 12.3. The van der Waals surface area contributed by atoms with Gasteiger partial charge in [0.2, 0.25) is 0 Å². The van der Waals surface area contributed by atoms with Gasteiger partial charge in [-0.3, -0.25) is 4.79 Å². The third-order valence-electron chi connectivity index (χ3n) is 4.31. The molecule has 0 unspecified atom stereocenters. The number of nitrogens with one attached hydrogen (secondary N) is 1. The van der Waals surface area contributed by atoms with Gasteiger partial charge in [-0.25, -0.2) is 4.79 Å². The van der Waals surface area contributed by atoms with Crippen molar-refractivity contribution in [3.63, 3.8) is 0 Å². The zero-order valence-corrected chi connectivity index (χ0v) is 14.8. The summed E-state index contributed by atoms with van der Waals surface area (Å²) in [4.78, 5) is 25.8. The van der Waals surface area contributed by atoms with Crippen LogP contribution in [0.5, 0.6) is 0 Å². The van der Waals surface area contributed by atoms with Crippen LogP contribution >= 0.6 is 11.3 Å².